The maximum absolute atomic E-state index is 13.2. The highest BCUT2D eigenvalue weighted by Crippen LogP contribution is 2.42. The fourth-order valence-corrected chi connectivity index (χ4v) is 4.04. The minimum absolute atomic E-state index is 0.158. The highest BCUT2D eigenvalue weighted by atomic mass is 32.2. The number of aromatic nitrogens is 2. The predicted octanol–water partition coefficient (Wildman–Crippen LogP) is 3.48. The van der Waals surface area contributed by atoms with E-state index in [1.807, 2.05) is 0 Å². The quantitative estimate of drug-likeness (QED) is 0.723. The van der Waals surface area contributed by atoms with Crippen LogP contribution in [0.2, 0.25) is 0 Å². The molecule has 4 rings (SSSR count). The van der Waals surface area contributed by atoms with Gasteiger partial charge in [-0.15, -0.1) is 11.8 Å². The van der Waals surface area contributed by atoms with Gasteiger partial charge in [0, 0.05) is 5.56 Å². The molecule has 1 atom stereocenters. The molecule has 1 aromatic heterocycles. The van der Waals surface area contributed by atoms with Gasteiger partial charge in [0.1, 0.15) is 11.6 Å². The van der Waals surface area contributed by atoms with Gasteiger partial charge >= 0.3 is 5.97 Å². The summed E-state index contributed by atoms with van der Waals surface area (Å²) in [7, 11) is 0. The molecule has 0 unspecified atom stereocenters. The van der Waals surface area contributed by atoms with Gasteiger partial charge in [-0.25, -0.2) is 13.9 Å². The monoisotopic (exact) mass is 383 g/mol. The van der Waals surface area contributed by atoms with Gasteiger partial charge in [-0.3, -0.25) is 4.79 Å². The molecule has 136 valence electrons. The smallest absolute Gasteiger partial charge is 0.335 e. The SMILES string of the molecule is O=C1CS[C@H](c2ccc(C(=O)O)cc2)c2cnn(-c3ccc(F)cc3)c2N1. The number of anilines is 1. The summed E-state index contributed by atoms with van der Waals surface area (Å²) in [5, 5.41) is 16.1. The fraction of sp³-hybridized carbons (Fsp3) is 0.105. The Morgan fingerprint density at radius 3 is 2.56 bits per heavy atom. The number of nitrogens with zero attached hydrogens (tertiary/aromatic N) is 2. The molecule has 0 saturated heterocycles. The summed E-state index contributed by atoms with van der Waals surface area (Å²) in [5.41, 5.74) is 2.51. The first-order chi connectivity index (χ1) is 13.0. The molecule has 0 aliphatic carbocycles. The van der Waals surface area contributed by atoms with Crippen molar-refractivity contribution in [3.05, 3.63) is 77.2 Å². The number of carboxylic acid groups (broad SMARTS) is 1. The van der Waals surface area contributed by atoms with E-state index >= 15 is 0 Å². The number of rotatable bonds is 3. The van der Waals surface area contributed by atoms with Crippen LogP contribution in [0.25, 0.3) is 5.69 Å². The number of carbonyl (C=O) groups is 2. The Balaban J connectivity index is 1.77. The lowest BCUT2D eigenvalue weighted by molar-refractivity contribution is -0.113. The molecule has 2 heterocycles. The Bertz CT molecular complexity index is 1020. The van der Waals surface area contributed by atoms with E-state index in [2.05, 4.69) is 10.4 Å². The van der Waals surface area contributed by atoms with Crippen LogP contribution < -0.4 is 5.32 Å². The van der Waals surface area contributed by atoms with Crippen LogP contribution in [0.15, 0.2) is 54.7 Å². The zero-order valence-electron chi connectivity index (χ0n) is 13.9. The first-order valence-electron chi connectivity index (χ1n) is 8.11. The van der Waals surface area contributed by atoms with Gasteiger partial charge in [0.25, 0.3) is 0 Å². The van der Waals surface area contributed by atoms with Gasteiger partial charge in [0.15, 0.2) is 0 Å². The van der Waals surface area contributed by atoms with Gasteiger partial charge in [-0.1, -0.05) is 12.1 Å². The van der Waals surface area contributed by atoms with Crippen LogP contribution in [0.4, 0.5) is 10.2 Å². The molecule has 0 spiro atoms. The molecule has 6 nitrogen and oxygen atoms in total. The first kappa shape index (κ1) is 17.3. The lowest BCUT2D eigenvalue weighted by atomic mass is 10.0. The molecule has 1 amide bonds. The first-order valence-corrected chi connectivity index (χ1v) is 9.16. The van der Waals surface area contributed by atoms with Crippen LogP contribution >= 0.6 is 11.8 Å². The molecular formula is C19H14FN3O3S. The summed E-state index contributed by atoms with van der Waals surface area (Å²) < 4.78 is 14.8. The van der Waals surface area contributed by atoms with E-state index in [-0.39, 0.29) is 28.3 Å². The van der Waals surface area contributed by atoms with Crippen LogP contribution in [0.3, 0.4) is 0 Å². The number of carbonyl (C=O) groups excluding carboxylic acids is 1. The highest BCUT2D eigenvalue weighted by Gasteiger charge is 2.28. The standard InChI is InChI=1S/C19H14FN3O3S/c20-13-5-7-14(8-6-13)23-18-15(9-21-23)17(27-10-16(24)22-18)11-1-3-12(4-2-11)19(25)26/h1-9,17H,10H2,(H,22,24)(H,25,26)/t17-/m1/s1. The number of aromatic carboxylic acids is 1. The topological polar surface area (TPSA) is 84.2 Å². The van der Waals surface area contributed by atoms with Crippen molar-refractivity contribution >= 4 is 29.5 Å². The Labute approximate surface area is 158 Å². The van der Waals surface area contributed by atoms with E-state index in [0.717, 1.165) is 11.1 Å². The summed E-state index contributed by atoms with van der Waals surface area (Å²) in [6.07, 6.45) is 1.67. The van der Waals surface area contributed by atoms with E-state index in [1.165, 1.54) is 23.9 Å². The number of amides is 1. The van der Waals surface area contributed by atoms with E-state index in [0.29, 0.717) is 11.5 Å². The molecule has 0 fully saturated rings. The number of thioether (sulfide) groups is 1. The van der Waals surface area contributed by atoms with Crippen LogP contribution in [-0.4, -0.2) is 32.5 Å². The molecule has 3 aromatic rings. The van der Waals surface area contributed by atoms with E-state index in [9.17, 15) is 14.0 Å². The summed E-state index contributed by atoms with van der Waals surface area (Å²) in [4.78, 5) is 23.3. The molecule has 27 heavy (non-hydrogen) atoms. The number of benzene rings is 2. The zero-order chi connectivity index (χ0) is 19.0. The maximum atomic E-state index is 13.2. The molecule has 0 radical (unpaired) electrons. The third kappa shape index (κ3) is 3.31. The molecule has 0 bridgehead atoms. The van der Waals surface area contributed by atoms with E-state index < -0.39 is 5.97 Å². The Hall–Kier alpha value is -3.13. The van der Waals surface area contributed by atoms with Crippen molar-refractivity contribution in [1.29, 1.82) is 0 Å². The van der Waals surface area contributed by atoms with Crippen molar-refractivity contribution in [2.75, 3.05) is 11.1 Å². The third-order valence-corrected chi connectivity index (χ3v) is 5.54. The number of fused-ring (bicyclic) bond motifs is 1. The Morgan fingerprint density at radius 1 is 1.19 bits per heavy atom. The highest BCUT2D eigenvalue weighted by molar-refractivity contribution is 8.00. The second-order valence-corrected chi connectivity index (χ2v) is 7.10. The molecule has 1 aliphatic heterocycles. The Kier molecular flexibility index (Phi) is 4.41. The minimum Gasteiger partial charge on any atom is -0.478 e. The summed E-state index contributed by atoms with van der Waals surface area (Å²) in [6.45, 7) is 0. The summed E-state index contributed by atoms with van der Waals surface area (Å²) in [6, 6.07) is 12.4. The van der Waals surface area contributed by atoms with Crippen molar-refractivity contribution in [3.8, 4) is 5.69 Å². The van der Waals surface area contributed by atoms with Crippen LogP contribution in [0.1, 0.15) is 26.7 Å². The lowest BCUT2D eigenvalue weighted by Crippen LogP contribution is -2.15. The fourth-order valence-electron chi connectivity index (χ4n) is 2.95. The number of hydrogen-bond acceptors (Lipinski definition) is 4. The third-order valence-electron chi connectivity index (χ3n) is 4.25. The minimum atomic E-state index is -0.989. The lowest BCUT2D eigenvalue weighted by Gasteiger charge is -2.14. The van der Waals surface area contributed by atoms with Crippen molar-refractivity contribution < 1.29 is 19.1 Å². The van der Waals surface area contributed by atoms with Gasteiger partial charge in [0.2, 0.25) is 5.91 Å². The Morgan fingerprint density at radius 2 is 1.89 bits per heavy atom. The molecule has 1 aliphatic rings. The molecule has 2 aromatic carbocycles. The number of carboxylic acids is 1. The second kappa shape index (κ2) is 6.88. The van der Waals surface area contributed by atoms with E-state index in [1.54, 1.807) is 47.3 Å². The van der Waals surface area contributed by atoms with Crippen LogP contribution in [0, 0.1) is 5.82 Å². The zero-order valence-corrected chi connectivity index (χ0v) is 14.7. The summed E-state index contributed by atoms with van der Waals surface area (Å²) >= 11 is 1.44. The van der Waals surface area contributed by atoms with Gasteiger partial charge < -0.3 is 10.4 Å². The van der Waals surface area contributed by atoms with Crippen molar-refractivity contribution in [2.24, 2.45) is 0 Å². The largest absolute Gasteiger partial charge is 0.478 e. The van der Waals surface area contributed by atoms with Crippen molar-refractivity contribution in [1.82, 2.24) is 9.78 Å². The predicted molar refractivity (Wildman–Crippen MR) is 99.9 cm³/mol. The van der Waals surface area contributed by atoms with Gasteiger partial charge in [0.05, 0.1) is 28.5 Å². The molecule has 8 heteroatoms. The van der Waals surface area contributed by atoms with Gasteiger partial charge in [-0.05, 0) is 42.0 Å². The second-order valence-electron chi connectivity index (χ2n) is 6.00. The normalized spacial score (nSPS) is 16.3. The van der Waals surface area contributed by atoms with Crippen LogP contribution in [-0.2, 0) is 4.79 Å². The van der Waals surface area contributed by atoms with E-state index in [4.69, 9.17) is 5.11 Å². The number of hydrogen-bond donors (Lipinski definition) is 2. The average molecular weight is 383 g/mol. The number of halogens is 1. The van der Waals surface area contributed by atoms with Crippen LogP contribution in [0.5, 0.6) is 0 Å². The van der Waals surface area contributed by atoms with Gasteiger partial charge in [-0.2, -0.15) is 5.10 Å². The maximum Gasteiger partial charge on any atom is 0.335 e. The summed E-state index contributed by atoms with van der Waals surface area (Å²) in [5.74, 6) is -0.716. The molecule has 2 N–H and O–H groups in total. The molecule has 0 saturated carbocycles. The number of nitrogens with one attached hydrogen (secondary N) is 1. The average Bonchev–Trinajstić information content (AvgIpc) is 2.98. The van der Waals surface area contributed by atoms with Crippen molar-refractivity contribution in [2.45, 2.75) is 5.25 Å². The van der Waals surface area contributed by atoms with Crippen molar-refractivity contribution in [3.63, 3.8) is 0 Å². The molecular weight excluding hydrogens is 369 g/mol.